The van der Waals surface area contributed by atoms with E-state index in [2.05, 4.69) is 15.4 Å². The van der Waals surface area contributed by atoms with Crippen LogP contribution < -0.4 is 10.1 Å². The largest absolute Gasteiger partial charge is 0.460 e. The number of amides is 1. The minimum Gasteiger partial charge on any atom is -0.460 e. The lowest BCUT2D eigenvalue weighted by Crippen LogP contribution is -2.27. The van der Waals surface area contributed by atoms with Crippen molar-refractivity contribution in [3.05, 3.63) is 54.3 Å². The number of hydrogen-bond acceptors (Lipinski definition) is 5. The van der Waals surface area contributed by atoms with E-state index in [9.17, 15) is 9.18 Å². The van der Waals surface area contributed by atoms with Crippen LogP contribution in [0, 0.1) is 11.2 Å². The van der Waals surface area contributed by atoms with Crippen LogP contribution in [0.3, 0.4) is 0 Å². The molecule has 1 amide bonds. The molecule has 3 aromatic rings. The van der Waals surface area contributed by atoms with E-state index in [-0.39, 0.29) is 17.7 Å². The van der Waals surface area contributed by atoms with Crippen LogP contribution in [0.2, 0.25) is 0 Å². The highest BCUT2D eigenvalue weighted by Crippen LogP contribution is 2.25. The quantitative estimate of drug-likeness (QED) is 0.538. The van der Waals surface area contributed by atoms with Crippen LogP contribution >= 0.6 is 0 Å². The molecule has 31 heavy (non-hydrogen) atoms. The van der Waals surface area contributed by atoms with Crippen LogP contribution in [-0.4, -0.2) is 40.5 Å². The second-order valence-electron chi connectivity index (χ2n) is 7.94. The Morgan fingerprint density at radius 3 is 2.52 bits per heavy atom. The van der Waals surface area contributed by atoms with Gasteiger partial charge in [0.05, 0.1) is 12.3 Å². The van der Waals surface area contributed by atoms with Crippen molar-refractivity contribution in [3.8, 4) is 23.1 Å². The molecule has 0 aliphatic heterocycles. The molecule has 1 heterocycles. The minimum absolute atomic E-state index is 0.0774. The molecule has 0 atom stereocenters. The number of halogens is 1. The second kappa shape index (κ2) is 9.70. The fourth-order valence-corrected chi connectivity index (χ4v) is 2.69. The van der Waals surface area contributed by atoms with Crippen molar-refractivity contribution in [1.29, 1.82) is 0 Å². The molecule has 0 unspecified atom stereocenters. The molecule has 1 aromatic heterocycles. The maximum absolute atomic E-state index is 13.8. The summed E-state index contributed by atoms with van der Waals surface area (Å²) >= 11 is 0. The molecule has 0 aliphatic carbocycles. The molecule has 0 fully saturated rings. The maximum Gasteiger partial charge on any atom is 0.336 e. The molecule has 0 aliphatic rings. The van der Waals surface area contributed by atoms with E-state index in [1.807, 2.05) is 27.7 Å². The number of rotatable bonds is 8. The smallest absolute Gasteiger partial charge is 0.336 e. The lowest BCUT2D eigenvalue weighted by atomic mass is 9.95. The molecule has 0 spiro atoms. The summed E-state index contributed by atoms with van der Waals surface area (Å²) in [6, 6.07) is 13.5. The van der Waals surface area contributed by atoms with E-state index >= 15 is 0 Å². The second-order valence-corrected chi connectivity index (χ2v) is 7.94. The van der Waals surface area contributed by atoms with Crippen LogP contribution in [-0.2, 0) is 9.53 Å². The molecule has 1 N–H and O–H groups in total. The fourth-order valence-electron chi connectivity index (χ4n) is 2.69. The predicted octanol–water partition coefficient (Wildman–Crippen LogP) is 4.47. The third kappa shape index (κ3) is 5.88. The molecule has 0 saturated carbocycles. The van der Waals surface area contributed by atoms with Gasteiger partial charge in [-0.3, -0.25) is 4.79 Å². The summed E-state index contributed by atoms with van der Waals surface area (Å²) in [7, 11) is 0. The number of benzene rings is 2. The number of carbonyl (C=O) groups is 1. The zero-order valence-electron chi connectivity index (χ0n) is 18.2. The number of anilines is 1. The van der Waals surface area contributed by atoms with E-state index in [0.29, 0.717) is 42.6 Å². The first-order chi connectivity index (χ1) is 14.8. The molecular weight excluding hydrogens is 399 g/mol. The van der Waals surface area contributed by atoms with Gasteiger partial charge in [0.2, 0.25) is 5.91 Å². The number of hydrogen-bond donors (Lipinski definition) is 1. The summed E-state index contributed by atoms with van der Waals surface area (Å²) in [5.74, 6) is -0.00469. The van der Waals surface area contributed by atoms with E-state index in [1.165, 1.54) is 12.1 Å². The van der Waals surface area contributed by atoms with Crippen LogP contribution in [0.1, 0.15) is 27.7 Å². The van der Waals surface area contributed by atoms with Gasteiger partial charge in [-0.1, -0.05) is 32.9 Å². The normalized spacial score (nSPS) is 11.4. The Morgan fingerprint density at radius 2 is 1.87 bits per heavy atom. The Hall–Kier alpha value is -3.26. The van der Waals surface area contributed by atoms with Gasteiger partial charge in [0.15, 0.2) is 5.82 Å². The molecule has 0 bridgehead atoms. The Labute approximate surface area is 181 Å². The molecule has 0 saturated heterocycles. The van der Waals surface area contributed by atoms with Gasteiger partial charge in [-0.25, -0.2) is 9.07 Å². The van der Waals surface area contributed by atoms with Crippen molar-refractivity contribution < 1.29 is 18.7 Å². The van der Waals surface area contributed by atoms with Crippen molar-refractivity contribution in [1.82, 2.24) is 14.8 Å². The average Bonchev–Trinajstić information content (AvgIpc) is 3.15. The monoisotopic (exact) mass is 426 g/mol. The summed E-state index contributed by atoms with van der Waals surface area (Å²) in [5.41, 5.74) is 1.43. The molecular formula is C23H27FN4O3. The Balaban J connectivity index is 1.89. The van der Waals surface area contributed by atoms with Gasteiger partial charge in [0.1, 0.15) is 12.4 Å². The average molecular weight is 426 g/mol. The highest BCUT2D eigenvalue weighted by Gasteiger charge is 2.21. The highest BCUT2D eigenvalue weighted by molar-refractivity contribution is 5.94. The molecule has 0 radical (unpaired) electrons. The molecule has 7 nitrogen and oxygen atoms in total. The summed E-state index contributed by atoms with van der Waals surface area (Å²) in [6.45, 7) is 8.78. The number of ether oxygens (including phenoxy) is 2. The molecule has 164 valence electrons. The standard InChI is InChI=1S/C23H27FN4O3/c1-5-30-13-14-31-22-26-20(16-7-6-8-17(24)15-16)28(27-22)19-11-9-18(10-12-19)25-21(29)23(2,3)4/h6-12,15H,5,13-14H2,1-4H3,(H,25,29). The fraction of sp³-hybridized carbons (Fsp3) is 0.348. The highest BCUT2D eigenvalue weighted by atomic mass is 19.1. The van der Waals surface area contributed by atoms with E-state index < -0.39 is 5.41 Å². The van der Waals surface area contributed by atoms with Gasteiger partial charge >= 0.3 is 6.01 Å². The van der Waals surface area contributed by atoms with Gasteiger partial charge in [0.25, 0.3) is 0 Å². The SMILES string of the molecule is CCOCCOc1nc(-c2cccc(F)c2)n(-c2ccc(NC(=O)C(C)(C)C)cc2)n1. The molecule has 2 aromatic carbocycles. The lowest BCUT2D eigenvalue weighted by Gasteiger charge is -2.17. The topological polar surface area (TPSA) is 78.3 Å². The van der Waals surface area contributed by atoms with Gasteiger partial charge in [-0.2, -0.15) is 4.98 Å². The van der Waals surface area contributed by atoms with Gasteiger partial charge in [-0.15, -0.1) is 5.10 Å². The summed E-state index contributed by atoms with van der Waals surface area (Å²) in [4.78, 5) is 16.6. The van der Waals surface area contributed by atoms with Gasteiger partial charge < -0.3 is 14.8 Å². The van der Waals surface area contributed by atoms with Crippen LogP contribution in [0.15, 0.2) is 48.5 Å². The number of nitrogens with zero attached hydrogens (tertiary/aromatic N) is 3. The van der Waals surface area contributed by atoms with Crippen molar-refractivity contribution in [2.24, 2.45) is 5.41 Å². The first kappa shape index (κ1) is 22.4. The van der Waals surface area contributed by atoms with E-state index in [0.717, 1.165) is 0 Å². The first-order valence-electron chi connectivity index (χ1n) is 10.1. The number of aromatic nitrogens is 3. The van der Waals surface area contributed by atoms with Crippen LogP contribution in [0.4, 0.5) is 10.1 Å². The third-order valence-corrected chi connectivity index (χ3v) is 4.38. The van der Waals surface area contributed by atoms with Crippen molar-refractivity contribution in [2.75, 3.05) is 25.1 Å². The minimum atomic E-state index is -0.497. The predicted molar refractivity (Wildman–Crippen MR) is 117 cm³/mol. The summed E-state index contributed by atoms with van der Waals surface area (Å²) in [6.07, 6.45) is 0. The van der Waals surface area contributed by atoms with Crippen LogP contribution in [0.25, 0.3) is 17.1 Å². The van der Waals surface area contributed by atoms with E-state index in [1.54, 1.807) is 41.1 Å². The summed E-state index contributed by atoms with van der Waals surface area (Å²) < 4.78 is 26.3. The van der Waals surface area contributed by atoms with Crippen LogP contribution in [0.5, 0.6) is 6.01 Å². The lowest BCUT2D eigenvalue weighted by molar-refractivity contribution is -0.123. The van der Waals surface area contributed by atoms with Crippen molar-refractivity contribution in [2.45, 2.75) is 27.7 Å². The number of nitrogens with one attached hydrogen (secondary N) is 1. The Bertz CT molecular complexity index is 1030. The number of carbonyl (C=O) groups excluding carboxylic acids is 1. The van der Waals surface area contributed by atoms with Gasteiger partial charge in [-0.05, 0) is 43.3 Å². The zero-order valence-corrected chi connectivity index (χ0v) is 18.2. The zero-order chi connectivity index (χ0) is 22.4. The van der Waals surface area contributed by atoms with Crippen molar-refractivity contribution >= 4 is 11.6 Å². The Kier molecular flexibility index (Phi) is 7.02. The molecule has 3 rings (SSSR count). The Morgan fingerprint density at radius 1 is 1.13 bits per heavy atom. The first-order valence-corrected chi connectivity index (χ1v) is 10.1. The maximum atomic E-state index is 13.8. The molecule has 8 heteroatoms. The summed E-state index contributed by atoms with van der Waals surface area (Å²) in [5, 5.41) is 7.32. The third-order valence-electron chi connectivity index (χ3n) is 4.38. The van der Waals surface area contributed by atoms with E-state index in [4.69, 9.17) is 9.47 Å². The van der Waals surface area contributed by atoms with Gasteiger partial charge in [0, 0.05) is 23.3 Å². The van der Waals surface area contributed by atoms with Crippen molar-refractivity contribution in [3.63, 3.8) is 0 Å².